The van der Waals surface area contributed by atoms with Crippen molar-refractivity contribution in [2.45, 2.75) is 25.1 Å². The van der Waals surface area contributed by atoms with Crippen molar-refractivity contribution in [1.29, 1.82) is 0 Å². The van der Waals surface area contributed by atoms with Crippen LogP contribution >= 0.6 is 11.6 Å². The maximum Gasteiger partial charge on any atom is 0.574 e. The molecule has 1 aromatic rings. The number of nitrogens with zero attached hydrogens (tertiary/aromatic N) is 1. The number of aliphatic carboxylic acids is 1. The van der Waals surface area contributed by atoms with Gasteiger partial charge in [-0.05, 0) is 11.6 Å². The van der Waals surface area contributed by atoms with Crippen molar-refractivity contribution in [2.75, 3.05) is 0 Å². The minimum absolute atomic E-state index is 0.364. The number of ether oxygens (including phenoxy) is 1. The van der Waals surface area contributed by atoms with Crippen molar-refractivity contribution in [2.24, 2.45) is 0 Å². The second kappa shape index (κ2) is 6.21. The Morgan fingerprint density at radius 2 is 2.05 bits per heavy atom. The van der Waals surface area contributed by atoms with Crippen LogP contribution in [0, 0.1) is 0 Å². The highest BCUT2D eigenvalue weighted by Gasteiger charge is 2.35. The molecular weight excluding hydrogens is 313 g/mol. The minimum Gasteiger partial charge on any atom is -0.481 e. The fourth-order valence-corrected chi connectivity index (χ4v) is 1.64. The summed E-state index contributed by atoms with van der Waals surface area (Å²) in [6, 6.07) is 0.909. The van der Waals surface area contributed by atoms with Gasteiger partial charge in [0.05, 0.1) is 17.7 Å². The average molecular weight is 320 g/mol. The Hall–Kier alpha value is -1.64. The number of rotatable bonds is 5. The van der Waals surface area contributed by atoms with Gasteiger partial charge in [0.25, 0.3) is 6.43 Å². The van der Waals surface area contributed by atoms with E-state index in [4.69, 9.17) is 16.7 Å². The van der Waals surface area contributed by atoms with Gasteiger partial charge in [-0.1, -0.05) is 0 Å². The molecule has 10 heteroatoms. The fraction of sp³-hybridized carbons (Fsp3) is 0.400. The van der Waals surface area contributed by atoms with Crippen LogP contribution in [0.3, 0.4) is 0 Å². The van der Waals surface area contributed by atoms with E-state index in [2.05, 4.69) is 9.72 Å². The largest absolute Gasteiger partial charge is 0.574 e. The normalized spacial score (nSPS) is 11.8. The zero-order valence-electron chi connectivity index (χ0n) is 9.55. The topological polar surface area (TPSA) is 59.4 Å². The Labute approximate surface area is 114 Å². The van der Waals surface area contributed by atoms with E-state index >= 15 is 0 Å². The number of carbonyl (C=O) groups is 1. The van der Waals surface area contributed by atoms with Crippen LogP contribution < -0.4 is 4.74 Å². The molecule has 0 aliphatic carbocycles. The van der Waals surface area contributed by atoms with Gasteiger partial charge in [0.1, 0.15) is 0 Å². The highest BCUT2D eigenvalue weighted by Crippen LogP contribution is 2.35. The van der Waals surface area contributed by atoms with Crippen molar-refractivity contribution in [1.82, 2.24) is 4.98 Å². The molecule has 0 bridgehead atoms. The fourth-order valence-electron chi connectivity index (χ4n) is 1.42. The maximum atomic E-state index is 12.8. The summed E-state index contributed by atoms with van der Waals surface area (Å²) in [7, 11) is 0. The van der Waals surface area contributed by atoms with Crippen LogP contribution in [-0.2, 0) is 17.1 Å². The third-order valence-corrected chi connectivity index (χ3v) is 2.36. The van der Waals surface area contributed by atoms with Crippen molar-refractivity contribution in [3.8, 4) is 5.88 Å². The zero-order chi connectivity index (χ0) is 15.5. The van der Waals surface area contributed by atoms with Crippen molar-refractivity contribution in [3.05, 3.63) is 22.9 Å². The summed E-state index contributed by atoms with van der Waals surface area (Å²) in [5.41, 5.74) is -1.84. The van der Waals surface area contributed by atoms with E-state index < -0.39 is 42.5 Å². The van der Waals surface area contributed by atoms with Gasteiger partial charge in [0, 0.05) is 5.88 Å². The maximum absolute atomic E-state index is 12.8. The molecule has 1 rings (SSSR count). The highest BCUT2D eigenvalue weighted by atomic mass is 35.5. The number of carboxylic acids is 1. The Bertz CT molecular complexity index is 506. The molecule has 0 radical (unpaired) electrons. The third kappa shape index (κ3) is 4.48. The van der Waals surface area contributed by atoms with E-state index in [1.54, 1.807) is 0 Å². The number of carboxylic acid groups (broad SMARTS) is 1. The molecule has 0 fully saturated rings. The Balaban J connectivity index is 3.37. The molecule has 4 nitrogen and oxygen atoms in total. The van der Waals surface area contributed by atoms with Crippen LogP contribution in [0.15, 0.2) is 6.07 Å². The standard InChI is InChI=1S/C10H7ClF5NO3/c11-3-4-1-5(2-6(18)19)17-9(7(4)8(12)13)20-10(14,15)16/h1,8H,2-3H2,(H,18,19). The van der Waals surface area contributed by atoms with E-state index in [-0.39, 0.29) is 11.3 Å². The molecule has 0 spiro atoms. The van der Waals surface area contributed by atoms with E-state index in [0.29, 0.717) is 0 Å². The Morgan fingerprint density at radius 1 is 1.45 bits per heavy atom. The van der Waals surface area contributed by atoms with Crippen molar-refractivity contribution < 1.29 is 36.6 Å². The summed E-state index contributed by atoms with van der Waals surface area (Å²) in [6.45, 7) is 0. The second-order valence-electron chi connectivity index (χ2n) is 3.54. The van der Waals surface area contributed by atoms with Crippen LogP contribution in [0.4, 0.5) is 22.0 Å². The van der Waals surface area contributed by atoms with Crippen LogP contribution in [0.5, 0.6) is 5.88 Å². The van der Waals surface area contributed by atoms with Crippen LogP contribution in [0.2, 0.25) is 0 Å². The molecular formula is C10H7ClF5NO3. The molecule has 0 saturated carbocycles. The second-order valence-corrected chi connectivity index (χ2v) is 3.81. The highest BCUT2D eigenvalue weighted by molar-refractivity contribution is 6.17. The number of hydrogen-bond donors (Lipinski definition) is 1. The first kappa shape index (κ1) is 16.4. The first-order valence-corrected chi connectivity index (χ1v) is 5.52. The van der Waals surface area contributed by atoms with Gasteiger partial charge in [-0.25, -0.2) is 13.8 Å². The molecule has 1 aromatic heterocycles. The molecule has 112 valence electrons. The lowest BCUT2D eigenvalue weighted by molar-refractivity contribution is -0.276. The molecule has 0 amide bonds. The molecule has 0 atom stereocenters. The number of halogens is 6. The third-order valence-electron chi connectivity index (χ3n) is 2.07. The summed E-state index contributed by atoms with van der Waals surface area (Å²) in [4.78, 5) is 13.7. The molecule has 1 N–H and O–H groups in total. The van der Waals surface area contributed by atoms with Crippen LogP contribution in [0.25, 0.3) is 0 Å². The van der Waals surface area contributed by atoms with E-state index in [1.807, 2.05) is 0 Å². The first-order chi connectivity index (χ1) is 9.14. The predicted molar refractivity (Wildman–Crippen MR) is 56.8 cm³/mol. The van der Waals surface area contributed by atoms with Gasteiger partial charge in [-0.2, -0.15) is 0 Å². The number of hydrogen-bond acceptors (Lipinski definition) is 3. The van der Waals surface area contributed by atoms with Gasteiger partial charge < -0.3 is 9.84 Å². The molecule has 0 aliphatic heterocycles. The van der Waals surface area contributed by atoms with Gasteiger partial charge in [0.2, 0.25) is 5.88 Å². The monoisotopic (exact) mass is 319 g/mol. The Morgan fingerprint density at radius 3 is 2.45 bits per heavy atom. The van der Waals surface area contributed by atoms with E-state index in [0.717, 1.165) is 6.07 Å². The number of pyridine rings is 1. The molecule has 0 unspecified atom stereocenters. The lowest BCUT2D eigenvalue weighted by Gasteiger charge is -2.15. The average Bonchev–Trinajstić information content (AvgIpc) is 2.24. The van der Waals surface area contributed by atoms with Crippen LogP contribution in [-0.4, -0.2) is 22.4 Å². The summed E-state index contributed by atoms with van der Waals surface area (Å²) in [5, 5.41) is 8.55. The lowest BCUT2D eigenvalue weighted by atomic mass is 10.1. The number of alkyl halides is 6. The molecule has 0 saturated heterocycles. The van der Waals surface area contributed by atoms with Crippen molar-refractivity contribution in [3.63, 3.8) is 0 Å². The predicted octanol–water partition coefficient (Wildman–Crippen LogP) is 3.28. The molecule has 0 aromatic carbocycles. The molecule has 0 aliphatic rings. The minimum atomic E-state index is -5.23. The van der Waals surface area contributed by atoms with Gasteiger partial charge in [0.15, 0.2) is 0 Å². The SMILES string of the molecule is O=C(O)Cc1cc(CCl)c(C(F)F)c(OC(F)(F)F)n1. The first-order valence-electron chi connectivity index (χ1n) is 4.98. The van der Waals surface area contributed by atoms with Gasteiger partial charge in [-0.3, -0.25) is 4.79 Å². The smallest absolute Gasteiger partial charge is 0.481 e. The molecule has 1 heterocycles. The van der Waals surface area contributed by atoms with Gasteiger partial charge in [-0.15, -0.1) is 24.8 Å². The number of aromatic nitrogens is 1. The molecule has 20 heavy (non-hydrogen) atoms. The van der Waals surface area contributed by atoms with Gasteiger partial charge >= 0.3 is 12.3 Å². The zero-order valence-corrected chi connectivity index (χ0v) is 10.3. The van der Waals surface area contributed by atoms with Crippen molar-refractivity contribution >= 4 is 17.6 Å². The summed E-state index contributed by atoms with van der Waals surface area (Å²) >= 11 is 5.38. The summed E-state index contributed by atoms with van der Waals surface area (Å²) < 4.78 is 65.5. The Kier molecular flexibility index (Phi) is 5.09. The van der Waals surface area contributed by atoms with E-state index in [9.17, 15) is 26.7 Å². The van der Waals surface area contributed by atoms with Crippen LogP contribution in [0.1, 0.15) is 23.2 Å². The van der Waals surface area contributed by atoms with E-state index in [1.165, 1.54) is 0 Å². The quantitative estimate of drug-likeness (QED) is 0.668. The summed E-state index contributed by atoms with van der Waals surface area (Å²) in [6.07, 6.45) is -9.28. The lowest BCUT2D eigenvalue weighted by Crippen LogP contribution is -2.20. The summed E-state index contributed by atoms with van der Waals surface area (Å²) in [5.74, 6) is -3.31.